The van der Waals surface area contributed by atoms with Crippen molar-refractivity contribution in [3.8, 4) is 0 Å². The molecule has 0 unspecified atom stereocenters. The monoisotopic (exact) mass is 90.0 g/mol. The van der Waals surface area contributed by atoms with Gasteiger partial charge in [0.2, 0.25) is 0 Å². The molecule has 0 aliphatic heterocycles. The van der Waals surface area contributed by atoms with E-state index in [1.807, 2.05) is 0 Å². The first-order chi connectivity index (χ1) is 1.91. The summed E-state index contributed by atoms with van der Waals surface area (Å²) >= 11 is 4.10. The van der Waals surface area contributed by atoms with Crippen LogP contribution in [-0.2, 0) is 4.57 Å². The molecule has 0 amide bonds. The second-order valence-corrected chi connectivity index (χ2v) is 1.26. The standard InChI is InChI=1S/BOPS/c2-3-1-4. The second-order valence-electron chi connectivity index (χ2n) is 0.211. The van der Waals surface area contributed by atoms with Crippen LogP contribution < -0.4 is 0 Å². The Labute approximate surface area is 31.7 Å². The molecule has 0 fully saturated rings. The number of hydrogen-bond acceptors (Lipinski definition) is 2. The van der Waals surface area contributed by atoms with Gasteiger partial charge in [-0.05, 0) is 0 Å². The average Bonchev–Trinajstić information content (AvgIpc) is 1.37. The second kappa shape index (κ2) is 3.38. The van der Waals surface area contributed by atoms with Gasteiger partial charge >= 0.3 is 30.8 Å². The maximum atomic E-state index is 9.11. The third-order valence-electron chi connectivity index (χ3n) is 0.0430. The molecule has 0 aromatic carbocycles. The van der Waals surface area contributed by atoms with E-state index in [1.165, 1.54) is 0 Å². The van der Waals surface area contributed by atoms with Gasteiger partial charge in [-0.1, -0.05) is 0 Å². The molecule has 1 nitrogen and oxygen atoms in total. The summed E-state index contributed by atoms with van der Waals surface area (Å²) in [6.45, 7) is 0. The van der Waals surface area contributed by atoms with Crippen LogP contribution in [0.1, 0.15) is 0 Å². The van der Waals surface area contributed by atoms with Crippen molar-refractivity contribution in [1.82, 2.24) is 0 Å². The summed E-state index contributed by atoms with van der Waals surface area (Å²) in [5.74, 6) is 1.12. The molecule has 0 atom stereocenters. The van der Waals surface area contributed by atoms with Gasteiger partial charge in [0.05, 0.1) is 0 Å². The van der Waals surface area contributed by atoms with Gasteiger partial charge in [0.1, 0.15) is 0 Å². The van der Waals surface area contributed by atoms with Gasteiger partial charge in [-0.25, -0.2) is 0 Å². The molecule has 0 N–H and O–H groups in total. The van der Waals surface area contributed by atoms with Gasteiger partial charge in [0.25, 0.3) is 0 Å². The minimum absolute atomic E-state index is 0.0617. The van der Waals surface area contributed by atoms with Gasteiger partial charge in [-0.3, -0.25) is 0 Å². The first kappa shape index (κ1) is 4.38. The minimum atomic E-state index is -0.0617. The molecule has 0 heterocycles. The van der Waals surface area contributed by atoms with Gasteiger partial charge in [0, 0.05) is 0 Å². The van der Waals surface area contributed by atoms with Crippen molar-refractivity contribution in [3.63, 3.8) is 0 Å². The molecule has 0 saturated heterocycles. The predicted molar refractivity (Wildman–Crippen MR) is 21.0 cm³/mol. The van der Waals surface area contributed by atoms with E-state index in [9.17, 15) is 0 Å². The van der Waals surface area contributed by atoms with Crippen LogP contribution in [0.25, 0.3) is 0 Å². The molecule has 4 heteroatoms. The Hall–Kier alpha value is 0.385. The first-order valence-corrected chi connectivity index (χ1v) is 2.03. The molecule has 0 bridgehead atoms. The summed E-state index contributed by atoms with van der Waals surface area (Å²) < 4.78 is 9.11. The van der Waals surface area contributed by atoms with Crippen molar-refractivity contribution >= 4 is 26.3 Å². The Morgan fingerprint density at radius 2 is 2.25 bits per heavy atom. The zero-order chi connectivity index (χ0) is 3.41. The van der Waals surface area contributed by atoms with Crippen molar-refractivity contribution in [1.29, 1.82) is 0 Å². The molecule has 0 aromatic rings. The van der Waals surface area contributed by atoms with E-state index in [-0.39, 0.29) is 8.34 Å². The third-order valence-corrected chi connectivity index (χ3v) is 0.387. The van der Waals surface area contributed by atoms with E-state index in [4.69, 9.17) is 4.57 Å². The molecule has 0 radical (unpaired) electrons. The van der Waals surface area contributed by atoms with E-state index in [0.717, 1.165) is 5.87 Å². The average molecular weight is 89.9 g/mol. The SMILES string of the molecule is O=PB=S. The van der Waals surface area contributed by atoms with Crippen LogP contribution in [0.5, 0.6) is 0 Å². The van der Waals surface area contributed by atoms with Crippen molar-refractivity contribution in [2.75, 3.05) is 0 Å². The fraction of sp³-hybridized carbons (Fsp3) is 0. The van der Waals surface area contributed by atoms with Crippen LogP contribution in [0.4, 0.5) is 0 Å². The summed E-state index contributed by atoms with van der Waals surface area (Å²) in [5.41, 5.74) is 0. The van der Waals surface area contributed by atoms with Gasteiger partial charge < -0.3 is 0 Å². The topological polar surface area (TPSA) is 17.1 Å². The predicted octanol–water partition coefficient (Wildman–Crippen LogP) is 1.01. The van der Waals surface area contributed by atoms with Crippen LogP contribution >= 0.6 is 20.4 Å². The molecule has 0 aromatic heterocycles. The zero-order valence-electron chi connectivity index (χ0n) is 1.84. The Balaban J connectivity index is 2.73. The van der Waals surface area contributed by atoms with E-state index in [1.54, 1.807) is 0 Å². The summed E-state index contributed by atoms with van der Waals surface area (Å²) in [5, 5.41) is 0. The molecule has 0 saturated carbocycles. The van der Waals surface area contributed by atoms with E-state index in [0.29, 0.717) is 0 Å². The van der Waals surface area contributed by atoms with Gasteiger partial charge in [-0.15, -0.1) is 0 Å². The van der Waals surface area contributed by atoms with Crippen molar-refractivity contribution < 1.29 is 4.57 Å². The molecule has 0 aliphatic carbocycles. The van der Waals surface area contributed by atoms with Crippen molar-refractivity contribution in [2.24, 2.45) is 0 Å². The normalized spacial score (nSPS) is 6.00. The van der Waals surface area contributed by atoms with Crippen molar-refractivity contribution in [2.45, 2.75) is 0 Å². The van der Waals surface area contributed by atoms with E-state index in [2.05, 4.69) is 12.1 Å². The van der Waals surface area contributed by atoms with Crippen LogP contribution in [0.2, 0.25) is 0 Å². The summed E-state index contributed by atoms with van der Waals surface area (Å²) in [6.07, 6.45) is 0. The molecular formula is BOPS. The first-order valence-electron chi connectivity index (χ1n) is 0.676. The number of rotatable bonds is 1. The number of hydrogen-bond donors (Lipinski definition) is 0. The Morgan fingerprint density at radius 3 is 2.25 bits per heavy atom. The molecular weight excluding hydrogens is 89.9 g/mol. The Kier molecular flexibility index (Phi) is 3.71. The van der Waals surface area contributed by atoms with Gasteiger partial charge in [-0.2, -0.15) is 0 Å². The van der Waals surface area contributed by atoms with E-state index >= 15 is 0 Å². The third kappa shape index (κ3) is 2.38. The molecule has 20 valence electrons. The molecule has 0 spiro atoms. The molecule has 4 heavy (non-hydrogen) atoms. The van der Waals surface area contributed by atoms with Gasteiger partial charge in [0.15, 0.2) is 0 Å². The molecule has 0 rings (SSSR count). The summed E-state index contributed by atoms with van der Waals surface area (Å²) in [6, 6.07) is 0. The van der Waals surface area contributed by atoms with Crippen LogP contribution in [0.3, 0.4) is 0 Å². The fourth-order valence-electron chi connectivity index (χ4n) is 0. The van der Waals surface area contributed by atoms with Crippen LogP contribution in [0, 0.1) is 0 Å². The van der Waals surface area contributed by atoms with E-state index < -0.39 is 0 Å². The Morgan fingerprint density at radius 1 is 2.00 bits per heavy atom. The maximum absolute atomic E-state index is 9.11. The zero-order valence-corrected chi connectivity index (χ0v) is 3.55. The Bertz CT molecular complexity index is 29.0. The van der Waals surface area contributed by atoms with Crippen LogP contribution in [-0.4, -0.2) is 5.87 Å². The summed E-state index contributed by atoms with van der Waals surface area (Å²) in [4.78, 5) is 0. The van der Waals surface area contributed by atoms with Crippen LogP contribution in [0.15, 0.2) is 0 Å². The summed E-state index contributed by atoms with van der Waals surface area (Å²) in [7, 11) is -0.0617. The quantitative estimate of drug-likeness (QED) is 0.353. The fourth-order valence-corrected chi connectivity index (χ4v) is 0. The molecule has 0 aliphatic rings. The van der Waals surface area contributed by atoms with Crippen molar-refractivity contribution in [3.05, 3.63) is 0 Å².